The number of para-hydroxylation sites is 2. The number of Topliss-reactive ketones (excluding diaryl/α,β-unsaturated/α-hetero) is 1. The summed E-state index contributed by atoms with van der Waals surface area (Å²) in [5.74, 6) is 1.51. The summed E-state index contributed by atoms with van der Waals surface area (Å²) in [6.07, 6.45) is -0.659. The number of carbonyl (C=O) groups excluding carboxylic acids is 1. The Morgan fingerprint density at radius 2 is 1.92 bits per heavy atom. The number of rotatable bonds is 6. The van der Waals surface area contributed by atoms with E-state index in [1.165, 1.54) is 6.92 Å². The third-order valence-electron chi connectivity index (χ3n) is 3.94. The van der Waals surface area contributed by atoms with Gasteiger partial charge in [0.1, 0.15) is 24.3 Å². The number of fused-ring (bicyclic) bond motifs is 1. The Morgan fingerprint density at radius 3 is 2.62 bits per heavy atom. The molecule has 1 aromatic heterocycles. The second kappa shape index (κ2) is 6.84. The molecule has 0 bridgehead atoms. The van der Waals surface area contributed by atoms with Crippen LogP contribution in [-0.2, 0) is 6.54 Å². The standard InChI is InChI=1S/C19H20N2O3/c1-13(22)15-7-9-17(10-8-15)24-12-16(23)11-21-14(2)20-18-5-3-4-6-19(18)21/h3-10,16,23H,11-12H2,1-2H3. The highest BCUT2D eigenvalue weighted by molar-refractivity contribution is 5.94. The molecular formula is C19H20N2O3. The van der Waals surface area contributed by atoms with Crippen molar-refractivity contribution in [2.45, 2.75) is 26.5 Å². The Morgan fingerprint density at radius 1 is 1.21 bits per heavy atom. The van der Waals surface area contributed by atoms with Gasteiger partial charge in [-0.3, -0.25) is 4.79 Å². The molecule has 3 aromatic rings. The smallest absolute Gasteiger partial charge is 0.159 e. The molecular weight excluding hydrogens is 304 g/mol. The van der Waals surface area contributed by atoms with E-state index in [2.05, 4.69) is 4.98 Å². The maximum Gasteiger partial charge on any atom is 0.159 e. The fourth-order valence-corrected chi connectivity index (χ4v) is 2.67. The Hall–Kier alpha value is -2.66. The summed E-state index contributed by atoms with van der Waals surface area (Å²) in [6, 6.07) is 14.8. The van der Waals surface area contributed by atoms with Gasteiger partial charge in [0.15, 0.2) is 5.78 Å². The SMILES string of the molecule is CC(=O)c1ccc(OCC(O)Cn2c(C)nc3ccccc32)cc1. The molecule has 5 heteroatoms. The van der Waals surface area contributed by atoms with Gasteiger partial charge in [0.25, 0.3) is 0 Å². The van der Waals surface area contributed by atoms with Gasteiger partial charge in [0.05, 0.1) is 17.6 Å². The van der Waals surface area contributed by atoms with Gasteiger partial charge in [0.2, 0.25) is 0 Å². The van der Waals surface area contributed by atoms with E-state index in [0.29, 0.717) is 17.9 Å². The number of ether oxygens (including phenoxy) is 1. The average Bonchev–Trinajstić information content (AvgIpc) is 2.89. The third kappa shape index (κ3) is 3.46. The summed E-state index contributed by atoms with van der Waals surface area (Å²) < 4.78 is 7.60. The summed E-state index contributed by atoms with van der Waals surface area (Å²) in [5.41, 5.74) is 2.56. The molecule has 0 amide bonds. The minimum Gasteiger partial charge on any atom is -0.491 e. The minimum absolute atomic E-state index is 0.0176. The molecule has 0 saturated heterocycles. The molecule has 0 fully saturated rings. The quantitative estimate of drug-likeness (QED) is 0.708. The molecule has 124 valence electrons. The van der Waals surface area contributed by atoms with E-state index in [-0.39, 0.29) is 12.4 Å². The van der Waals surface area contributed by atoms with E-state index in [0.717, 1.165) is 16.9 Å². The number of aromatic nitrogens is 2. The number of aliphatic hydroxyl groups excluding tert-OH is 1. The second-order valence-corrected chi connectivity index (χ2v) is 5.80. The van der Waals surface area contributed by atoms with Crippen LogP contribution in [-0.4, -0.2) is 33.2 Å². The Kier molecular flexibility index (Phi) is 4.62. The van der Waals surface area contributed by atoms with E-state index < -0.39 is 6.10 Å². The van der Waals surface area contributed by atoms with Crippen LogP contribution in [0.3, 0.4) is 0 Å². The zero-order valence-electron chi connectivity index (χ0n) is 13.8. The molecule has 0 aliphatic rings. The summed E-state index contributed by atoms with van der Waals surface area (Å²) in [6.45, 7) is 4.04. The predicted molar refractivity (Wildman–Crippen MR) is 92.4 cm³/mol. The van der Waals surface area contributed by atoms with Crippen LogP contribution >= 0.6 is 0 Å². The van der Waals surface area contributed by atoms with E-state index in [1.807, 2.05) is 35.8 Å². The summed E-state index contributed by atoms with van der Waals surface area (Å²) in [7, 11) is 0. The van der Waals surface area contributed by atoms with Gasteiger partial charge < -0.3 is 14.4 Å². The highest BCUT2D eigenvalue weighted by Crippen LogP contribution is 2.17. The van der Waals surface area contributed by atoms with Gasteiger partial charge in [-0.25, -0.2) is 4.98 Å². The molecule has 2 aromatic carbocycles. The van der Waals surface area contributed by atoms with E-state index in [4.69, 9.17) is 4.74 Å². The summed E-state index contributed by atoms with van der Waals surface area (Å²) in [5, 5.41) is 10.3. The van der Waals surface area contributed by atoms with Crippen molar-refractivity contribution in [3.63, 3.8) is 0 Å². The van der Waals surface area contributed by atoms with Crippen LogP contribution in [0, 0.1) is 6.92 Å². The van der Waals surface area contributed by atoms with E-state index in [9.17, 15) is 9.90 Å². The molecule has 1 N–H and O–H groups in total. The first-order valence-electron chi connectivity index (χ1n) is 7.88. The Bertz CT molecular complexity index is 853. The maximum atomic E-state index is 11.2. The minimum atomic E-state index is -0.659. The van der Waals surface area contributed by atoms with Gasteiger partial charge in [-0.05, 0) is 50.2 Å². The van der Waals surface area contributed by atoms with Crippen LogP contribution in [0.15, 0.2) is 48.5 Å². The number of ketones is 1. The molecule has 0 spiro atoms. The highest BCUT2D eigenvalue weighted by atomic mass is 16.5. The number of hydrogen-bond donors (Lipinski definition) is 1. The molecule has 5 nitrogen and oxygen atoms in total. The predicted octanol–water partition coefficient (Wildman–Crippen LogP) is 2.99. The lowest BCUT2D eigenvalue weighted by Crippen LogP contribution is -2.24. The molecule has 1 unspecified atom stereocenters. The average molecular weight is 324 g/mol. The molecule has 0 radical (unpaired) electrons. The van der Waals surface area contributed by atoms with Crippen LogP contribution in [0.4, 0.5) is 0 Å². The van der Waals surface area contributed by atoms with Crippen LogP contribution < -0.4 is 4.74 Å². The number of aryl methyl sites for hydroxylation is 1. The topological polar surface area (TPSA) is 64.3 Å². The van der Waals surface area contributed by atoms with Crippen molar-refractivity contribution >= 4 is 16.8 Å². The Labute approximate surface area is 140 Å². The zero-order valence-corrected chi connectivity index (χ0v) is 13.8. The van der Waals surface area contributed by atoms with Gasteiger partial charge in [-0.1, -0.05) is 12.1 Å². The zero-order chi connectivity index (χ0) is 17.1. The number of aliphatic hydroxyl groups is 1. The van der Waals surface area contributed by atoms with Crippen LogP contribution in [0.5, 0.6) is 5.75 Å². The van der Waals surface area contributed by atoms with Crippen LogP contribution in [0.2, 0.25) is 0 Å². The van der Waals surface area contributed by atoms with Crippen molar-refractivity contribution in [3.8, 4) is 5.75 Å². The first-order chi connectivity index (χ1) is 11.5. The lowest BCUT2D eigenvalue weighted by atomic mass is 10.1. The molecule has 1 heterocycles. The number of nitrogens with zero attached hydrogens (tertiary/aromatic N) is 2. The molecule has 3 rings (SSSR count). The lowest BCUT2D eigenvalue weighted by Gasteiger charge is -2.15. The monoisotopic (exact) mass is 324 g/mol. The van der Waals surface area contributed by atoms with Gasteiger partial charge >= 0.3 is 0 Å². The van der Waals surface area contributed by atoms with Crippen molar-refractivity contribution in [1.82, 2.24) is 9.55 Å². The third-order valence-corrected chi connectivity index (χ3v) is 3.94. The van der Waals surface area contributed by atoms with Crippen molar-refractivity contribution in [2.75, 3.05) is 6.61 Å². The van der Waals surface area contributed by atoms with Crippen molar-refractivity contribution in [1.29, 1.82) is 0 Å². The first kappa shape index (κ1) is 16.2. The number of benzene rings is 2. The normalized spacial score (nSPS) is 12.3. The largest absolute Gasteiger partial charge is 0.491 e. The van der Waals surface area contributed by atoms with E-state index >= 15 is 0 Å². The molecule has 24 heavy (non-hydrogen) atoms. The Balaban J connectivity index is 1.64. The number of hydrogen-bond acceptors (Lipinski definition) is 4. The van der Waals surface area contributed by atoms with Crippen LogP contribution in [0.1, 0.15) is 23.1 Å². The summed E-state index contributed by atoms with van der Waals surface area (Å²) >= 11 is 0. The second-order valence-electron chi connectivity index (χ2n) is 5.80. The fraction of sp³-hybridized carbons (Fsp3) is 0.263. The van der Waals surface area contributed by atoms with Crippen LogP contribution in [0.25, 0.3) is 11.0 Å². The lowest BCUT2D eigenvalue weighted by molar-refractivity contribution is 0.0928. The maximum absolute atomic E-state index is 11.2. The van der Waals surface area contributed by atoms with Crippen molar-refractivity contribution in [2.24, 2.45) is 0 Å². The number of imidazole rings is 1. The highest BCUT2D eigenvalue weighted by Gasteiger charge is 2.12. The van der Waals surface area contributed by atoms with Crippen molar-refractivity contribution < 1.29 is 14.6 Å². The molecule has 0 saturated carbocycles. The summed E-state index contributed by atoms with van der Waals surface area (Å²) in [4.78, 5) is 15.7. The van der Waals surface area contributed by atoms with Gasteiger partial charge in [-0.2, -0.15) is 0 Å². The molecule has 1 atom stereocenters. The fourth-order valence-electron chi connectivity index (χ4n) is 2.67. The van der Waals surface area contributed by atoms with E-state index in [1.54, 1.807) is 24.3 Å². The van der Waals surface area contributed by atoms with Crippen molar-refractivity contribution in [3.05, 3.63) is 59.9 Å². The van der Waals surface area contributed by atoms with Gasteiger partial charge in [-0.15, -0.1) is 0 Å². The molecule has 0 aliphatic carbocycles. The number of carbonyl (C=O) groups is 1. The first-order valence-corrected chi connectivity index (χ1v) is 7.88. The van der Waals surface area contributed by atoms with Gasteiger partial charge in [0, 0.05) is 5.56 Å². The molecule has 0 aliphatic heterocycles.